The highest BCUT2D eigenvalue weighted by Gasteiger charge is 2.06. The highest BCUT2D eigenvalue weighted by atomic mass is 16.5. The van der Waals surface area contributed by atoms with E-state index >= 15 is 0 Å². The van der Waals surface area contributed by atoms with Crippen molar-refractivity contribution in [2.24, 2.45) is 5.10 Å². The zero-order chi connectivity index (χ0) is 21.2. The average Bonchev–Trinajstić information content (AvgIpc) is 2.78. The molecule has 0 saturated carbocycles. The first kappa shape index (κ1) is 21.2. The van der Waals surface area contributed by atoms with Crippen LogP contribution in [0.4, 0.5) is 0 Å². The molecular weight excluding hydrogens is 380 g/mol. The molecule has 6 nitrogen and oxygen atoms in total. The van der Waals surface area contributed by atoms with Crippen LogP contribution in [0.3, 0.4) is 0 Å². The Morgan fingerprint density at radius 3 is 2.63 bits per heavy atom. The number of fused-ring (bicyclic) bond motifs is 1. The second-order valence-electron chi connectivity index (χ2n) is 6.70. The Balaban J connectivity index is 1.50. The fourth-order valence-electron chi connectivity index (χ4n) is 2.83. The predicted molar refractivity (Wildman–Crippen MR) is 119 cm³/mol. The molecule has 0 bridgehead atoms. The number of carbonyl (C=O) groups is 1. The van der Waals surface area contributed by atoms with Crippen molar-refractivity contribution >= 4 is 22.9 Å². The van der Waals surface area contributed by atoms with E-state index in [0.29, 0.717) is 23.9 Å². The molecule has 0 unspecified atom stereocenters. The molecule has 0 atom stereocenters. The first-order chi connectivity index (χ1) is 14.7. The van der Waals surface area contributed by atoms with Gasteiger partial charge in [-0.25, -0.2) is 5.43 Å². The van der Waals surface area contributed by atoms with Gasteiger partial charge >= 0.3 is 0 Å². The Morgan fingerprint density at radius 1 is 1.00 bits per heavy atom. The number of amides is 1. The van der Waals surface area contributed by atoms with Crippen molar-refractivity contribution in [1.29, 1.82) is 0 Å². The molecule has 0 heterocycles. The Labute approximate surface area is 176 Å². The Kier molecular flexibility index (Phi) is 7.66. The SMILES string of the molecule is CCCCOc1ccc(/C=N/NC(=O)COc2ccc3ccccc3c2)cc1OC. The summed E-state index contributed by atoms with van der Waals surface area (Å²) in [7, 11) is 1.59. The van der Waals surface area contributed by atoms with Gasteiger partial charge in [-0.3, -0.25) is 4.79 Å². The smallest absolute Gasteiger partial charge is 0.277 e. The van der Waals surface area contributed by atoms with E-state index in [1.54, 1.807) is 13.3 Å². The molecule has 0 aliphatic heterocycles. The van der Waals surface area contributed by atoms with Crippen molar-refractivity contribution in [3.8, 4) is 17.2 Å². The number of benzene rings is 3. The van der Waals surface area contributed by atoms with Crippen LogP contribution in [0.1, 0.15) is 25.3 Å². The Bertz CT molecular complexity index is 1020. The quantitative estimate of drug-likeness (QED) is 0.305. The Morgan fingerprint density at radius 2 is 1.83 bits per heavy atom. The third-order valence-corrected chi connectivity index (χ3v) is 4.44. The number of hydrazone groups is 1. The molecule has 0 fully saturated rings. The fraction of sp³-hybridized carbons (Fsp3) is 0.250. The van der Waals surface area contributed by atoms with Gasteiger partial charge in [-0.2, -0.15) is 5.10 Å². The average molecular weight is 406 g/mol. The summed E-state index contributed by atoms with van der Waals surface area (Å²) in [6.07, 6.45) is 3.60. The molecule has 0 spiro atoms. The Hall–Kier alpha value is -3.54. The van der Waals surface area contributed by atoms with Crippen LogP contribution in [0.2, 0.25) is 0 Å². The molecular formula is C24H26N2O4. The van der Waals surface area contributed by atoms with Crippen LogP contribution in [0.25, 0.3) is 10.8 Å². The lowest BCUT2D eigenvalue weighted by molar-refractivity contribution is -0.123. The van der Waals surface area contributed by atoms with Crippen molar-refractivity contribution in [3.05, 3.63) is 66.2 Å². The predicted octanol–water partition coefficient (Wildman–Crippen LogP) is 4.56. The van der Waals surface area contributed by atoms with E-state index in [1.807, 2.05) is 60.7 Å². The number of carbonyl (C=O) groups excluding carboxylic acids is 1. The number of hydrogen-bond acceptors (Lipinski definition) is 5. The number of rotatable bonds is 10. The zero-order valence-electron chi connectivity index (χ0n) is 17.3. The van der Waals surface area contributed by atoms with Crippen molar-refractivity contribution in [2.75, 3.05) is 20.3 Å². The monoisotopic (exact) mass is 406 g/mol. The largest absolute Gasteiger partial charge is 0.493 e. The minimum atomic E-state index is -0.342. The van der Waals surface area contributed by atoms with Gasteiger partial charge in [-0.15, -0.1) is 0 Å². The van der Waals surface area contributed by atoms with E-state index < -0.39 is 0 Å². The maximum atomic E-state index is 12.0. The molecule has 0 radical (unpaired) electrons. The van der Waals surface area contributed by atoms with E-state index in [2.05, 4.69) is 17.5 Å². The summed E-state index contributed by atoms with van der Waals surface area (Å²) in [5, 5.41) is 6.16. The van der Waals surface area contributed by atoms with Gasteiger partial charge in [0.15, 0.2) is 18.1 Å². The van der Waals surface area contributed by atoms with Gasteiger partial charge in [-0.1, -0.05) is 43.7 Å². The van der Waals surface area contributed by atoms with Gasteiger partial charge in [-0.05, 0) is 53.1 Å². The normalized spacial score (nSPS) is 10.9. The molecule has 0 aromatic heterocycles. The van der Waals surface area contributed by atoms with E-state index in [0.717, 1.165) is 29.2 Å². The van der Waals surface area contributed by atoms with Gasteiger partial charge in [0, 0.05) is 0 Å². The lowest BCUT2D eigenvalue weighted by Crippen LogP contribution is -2.24. The van der Waals surface area contributed by atoms with Crippen LogP contribution < -0.4 is 19.6 Å². The topological polar surface area (TPSA) is 69.2 Å². The van der Waals surface area contributed by atoms with Gasteiger partial charge in [0.25, 0.3) is 5.91 Å². The highest BCUT2D eigenvalue weighted by molar-refractivity contribution is 5.85. The molecule has 1 amide bonds. The van der Waals surface area contributed by atoms with Crippen LogP contribution in [0.5, 0.6) is 17.2 Å². The molecule has 30 heavy (non-hydrogen) atoms. The lowest BCUT2D eigenvalue weighted by atomic mass is 10.1. The zero-order valence-corrected chi connectivity index (χ0v) is 17.3. The fourth-order valence-corrected chi connectivity index (χ4v) is 2.83. The molecule has 3 aromatic carbocycles. The van der Waals surface area contributed by atoms with Gasteiger partial charge in [0.2, 0.25) is 0 Å². The van der Waals surface area contributed by atoms with Crippen molar-refractivity contribution in [1.82, 2.24) is 5.43 Å². The molecule has 156 valence electrons. The number of methoxy groups -OCH3 is 1. The molecule has 6 heteroatoms. The lowest BCUT2D eigenvalue weighted by Gasteiger charge is -2.10. The number of unbranched alkanes of at least 4 members (excludes halogenated alkanes) is 1. The highest BCUT2D eigenvalue weighted by Crippen LogP contribution is 2.27. The van der Waals surface area contributed by atoms with Gasteiger partial charge in [0.05, 0.1) is 19.9 Å². The molecule has 0 aliphatic carbocycles. The summed E-state index contributed by atoms with van der Waals surface area (Å²) in [6.45, 7) is 2.64. The number of nitrogens with zero attached hydrogens (tertiary/aromatic N) is 1. The first-order valence-electron chi connectivity index (χ1n) is 9.94. The van der Waals surface area contributed by atoms with Gasteiger partial charge < -0.3 is 14.2 Å². The summed E-state index contributed by atoms with van der Waals surface area (Å²) in [6, 6.07) is 19.2. The second-order valence-corrected chi connectivity index (χ2v) is 6.70. The summed E-state index contributed by atoms with van der Waals surface area (Å²) >= 11 is 0. The summed E-state index contributed by atoms with van der Waals surface area (Å²) in [4.78, 5) is 12.0. The molecule has 0 aliphatic rings. The van der Waals surface area contributed by atoms with Crippen LogP contribution in [-0.4, -0.2) is 32.4 Å². The number of nitrogens with one attached hydrogen (secondary N) is 1. The van der Waals surface area contributed by atoms with E-state index in [4.69, 9.17) is 14.2 Å². The maximum absolute atomic E-state index is 12.0. The van der Waals surface area contributed by atoms with E-state index in [1.165, 1.54) is 0 Å². The van der Waals surface area contributed by atoms with Crippen molar-refractivity contribution in [3.63, 3.8) is 0 Å². The molecule has 1 N–H and O–H groups in total. The summed E-state index contributed by atoms with van der Waals surface area (Å²) in [5.41, 5.74) is 3.25. The van der Waals surface area contributed by atoms with Crippen LogP contribution in [-0.2, 0) is 4.79 Å². The molecule has 0 saturated heterocycles. The number of hydrogen-bond donors (Lipinski definition) is 1. The van der Waals surface area contributed by atoms with E-state index in [9.17, 15) is 4.79 Å². The number of ether oxygens (including phenoxy) is 3. The molecule has 3 aromatic rings. The minimum absolute atomic E-state index is 0.122. The first-order valence-corrected chi connectivity index (χ1v) is 9.94. The van der Waals surface area contributed by atoms with Crippen LogP contribution in [0.15, 0.2) is 65.8 Å². The van der Waals surface area contributed by atoms with Crippen LogP contribution >= 0.6 is 0 Å². The summed E-state index contributed by atoms with van der Waals surface area (Å²) in [5.74, 6) is 1.61. The van der Waals surface area contributed by atoms with E-state index in [-0.39, 0.29) is 12.5 Å². The summed E-state index contributed by atoms with van der Waals surface area (Å²) < 4.78 is 16.6. The van der Waals surface area contributed by atoms with Crippen LogP contribution in [0, 0.1) is 0 Å². The standard InChI is InChI=1S/C24H26N2O4/c1-3-4-13-29-22-12-9-18(14-23(22)28-2)16-25-26-24(27)17-30-21-11-10-19-7-5-6-8-20(19)15-21/h5-12,14-16H,3-4,13,17H2,1-2H3,(H,26,27)/b25-16+. The third kappa shape index (κ3) is 5.98. The third-order valence-electron chi connectivity index (χ3n) is 4.44. The second kappa shape index (κ2) is 10.9. The van der Waals surface area contributed by atoms with Crippen molar-refractivity contribution < 1.29 is 19.0 Å². The maximum Gasteiger partial charge on any atom is 0.277 e. The van der Waals surface area contributed by atoms with Crippen molar-refractivity contribution in [2.45, 2.75) is 19.8 Å². The minimum Gasteiger partial charge on any atom is -0.493 e. The molecule has 3 rings (SSSR count). The van der Waals surface area contributed by atoms with Gasteiger partial charge in [0.1, 0.15) is 5.75 Å².